The zero-order valence-electron chi connectivity index (χ0n) is 15.5. The molecular formula is C21H25N3O2. The van der Waals surface area contributed by atoms with Crippen molar-refractivity contribution < 1.29 is 9.59 Å². The summed E-state index contributed by atoms with van der Waals surface area (Å²) >= 11 is 0. The van der Waals surface area contributed by atoms with Crippen LogP contribution in [0.3, 0.4) is 0 Å². The van der Waals surface area contributed by atoms with Crippen LogP contribution in [-0.2, 0) is 11.2 Å². The summed E-state index contributed by atoms with van der Waals surface area (Å²) < 4.78 is 0. The number of para-hydroxylation sites is 1. The van der Waals surface area contributed by atoms with Crippen LogP contribution in [0.2, 0.25) is 0 Å². The standard InChI is InChI=1S/C21H25N3O2/c1-21(2,3)23-20(26)22-18(16-10-5-4-6-11-16)19(25)24-14-13-15-9-7-8-12-17(15)24/h4-12,18H,13-14H2,1-3H3,(H2,22,23,26)/t18-/m1/s1. The summed E-state index contributed by atoms with van der Waals surface area (Å²) in [6.07, 6.45) is 0.831. The molecule has 0 aliphatic carbocycles. The van der Waals surface area contributed by atoms with E-state index in [4.69, 9.17) is 0 Å². The van der Waals surface area contributed by atoms with Gasteiger partial charge in [-0.2, -0.15) is 0 Å². The Bertz CT molecular complexity index is 796. The van der Waals surface area contributed by atoms with Crippen LogP contribution >= 0.6 is 0 Å². The van der Waals surface area contributed by atoms with E-state index < -0.39 is 6.04 Å². The zero-order valence-corrected chi connectivity index (χ0v) is 15.5. The fraction of sp³-hybridized carbons (Fsp3) is 0.333. The van der Waals surface area contributed by atoms with E-state index >= 15 is 0 Å². The van der Waals surface area contributed by atoms with Gasteiger partial charge in [-0.1, -0.05) is 48.5 Å². The summed E-state index contributed by atoms with van der Waals surface area (Å²) in [5.74, 6) is -0.120. The Morgan fingerprint density at radius 1 is 1.00 bits per heavy atom. The van der Waals surface area contributed by atoms with Crippen LogP contribution in [0.5, 0.6) is 0 Å². The molecule has 136 valence electrons. The van der Waals surface area contributed by atoms with Crippen LogP contribution in [-0.4, -0.2) is 24.0 Å². The third kappa shape index (κ3) is 4.04. The van der Waals surface area contributed by atoms with Crippen LogP contribution in [0.15, 0.2) is 54.6 Å². The lowest BCUT2D eigenvalue weighted by Crippen LogP contribution is -2.50. The molecule has 5 nitrogen and oxygen atoms in total. The number of hydrogen-bond donors (Lipinski definition) is 2. The maximum absolute atomic E-state index is 13.3. The fourth-order valence-electron chi connectivity index (χ4n) is 3.16. The van der Waals surface area contributed by atoms with Crippen molar-refractivity contribution in [3.8, 4) is 0 Å². The van der Waals surface area contributed by atoms with Gasteiger partial charge in [0.15, 0.2) is 0 Å². The van der Waals surface area contributed by atoms with Gasteiger partial charge in [0.1, 0.15) is 6.04 Å². The second kappa shape index (κ2) is 7.20. The highest BCUT2D eigenvalue weighted by Crippen LogP contribution is 2.30. The monoisotopic (exact) mass is 351 g/mol. The van der Waals surface area contributed by atoms with Gasteiger partial charge in [-0.3, -0.25) is 4.79 Å². The number of anilines is 1. The molecule has 2 N–H and O–H groups in total. The molecule has 0 saturated carbocycles. The van der Waals surface area contributed by atoms with Gasteiger partial charge >= 0.3 is 6.03 Å². The first kappa shape index (κ1) is 18.0. The van der Waals surface area contributed by atoms with Crippen molar-refractivity contribution in [2.75, 3.05) is 11.4 Å². The number of rotatable bonds is 3. The molecule has 2 aromatic carbocycles. The quantitative estimate of drug-likeness (QED) is 0.890. The molecule has 0 spiro atoms. The normalized spacial score (nSPS) is 14.5. The third-order valence-corrected chi connectivity index (χ3v) is 4.30. The van der Waals surface area contributed by atoms with Gasteiger partial charge in [0.2, 0.25) is 0 Å². The van der Waals surface area contributed by atoms with Crippen molar-refractivity contribution in [2.24, 2.45) is 0 Å². The lowest BCUT2D eigenvalue weighted by Gasteiger charge is -2.27. The first-order valence-electron chi connectivity index (χ1n) is 8.88. The molecule has 1 aliphatic heterocycles. The SMILES string of the molecule is CC(C)(C)NC(=O)N[C@@H](C(=O)N1CCc2ccccc21)c1ccccc1. The Kier molecular flexibility index (Phi) is 4.98. The minimum Gasteiger partial charge on any atom is -0.334 e. The number of amides is 3. The fourth-order valence-corrected chi connectivity index (χ4v) is 3.16. The Hall–Kier alpha value is -2.82. The summed E-state index contributed by atoms with van der Waals surface area (Å²) in [4.78, 5) is 27.5. The number of hydrogen-bond acceptors (Lipinski definition) is 2. The summed E-state index contributed by atoms with van der Waals surface area (Å²) in [7, 11) is 0. The van der Waals surface area contributed by atoms with E-state index in [1.165, 1.54) is 0 Å². The minimum atomic E-state index is -0.732. The van der Waals surface area contributed by atoms with Gasteiger partial charge in [0.25, 0.3) is 5.91 Å². The number of nitrogens with zero attached hydrogens (tertiary/aromatic N) is 1. The van der Waals surface area contributed by atoms with Crippen LogP contribution in [0.1, 0.15) is 37.9 Å². The average molecular weight is 351 g/mol. The van der Waals surface area contributed by atoms with Crippen LogP contribution in [0, 0.1) is 0 Å². The Morgan fingerprint density at radius 3 is 2.35 bits per heavy atom. The smallest absolute Gasteiger partial charge is 0.316 e. The van der Waals surface area contributed by atoms with E-state index in [9.17, 15) is 9.59 Å². The van der Waals surface area contributed by atoms with Crippen molar-refractivity contribution in [1.82, 2.24) is 10.6 Å². The van der Waals surface area contributed by atoms with Gasteiger partial charge < -0.3 is 15.5 Å². The second-order valence-electron chi connectivity index (χ2n) is 7.56. The maximum Gasteiger partial charge on any atom is 0.316 e. The van der Waals surface area contributed by atoms with Crippen molar-refractivity contribution >= 4 is 17.6 Å². The first-order chi connectivity index (χ1) is 12.3. The summed E-state index contributed by atoms with van der Waals surface area (Å²) in [5, 5.41) is 5.72. The number of nitrogens with one attached hydrogen (secondary N) is 2. The molecule has 0 aromatic heterocycles. The molecule has 26 heavy (non-hydrogen) atoms. The van der Waals surface area contributed by atoms with Gasteiger partial charge in [-0.05, 0) is 44.4 Å². The van der Waals surface area contributed by atoms with Crippen molar-refractivity contribution in [1.29, 1.82) is 0 Å². The molecule has 1 heterocycles. The summed E-state index contributed by atoms with van der Waals surface area (Å²) in [6, 6.07) is 16.2. The van der Waals surface area contributed by atoms with Crippen molar-refractivity contribution in [3.63, 3.8) is 0 Å². The second-order valence-corrected chi connectivity index (χ2v) is 7.56. The molecule has 0 unspecified atom stereocenters. The highest BCUT2D eigenvalue weighted by atomic mass is 16.2. The predicted octanol–water partition coefficient (Wildman–Crippen LogP) is 3.41. The predicted molar refractivity (Wildman–Crippen MR) is 103 cm³/mol. The molecule has 5 heteroatoms. The van der Waals surface area contributed by atoms with Gasteiger partial charge in [0, 0.05) is 17.8 Å². The molecule has 0 saturated heterocycles. The molecule has 0 fully saturated rings. The molecule has 2 aromatic rings. The van der Waals surface area contributed by atoms with Gasteiger partial charge in [-0.25, -0.2) is 4.79 Å². The minimum absolute atomic E-state index is 0.120. The molecule has 0 bridgehead atoms. The lowest BCUT2D eigenvalue weighted by atomic mass is 10.1. The van der Waals surface area contributed by atoms with Crippen molar-refractivity contribution in [3.05, 3.63) is 65.7 Å². The molecule has 3 rings (SSSR count). The topological polar surface area (TPSA) is 61.4 Å². The largest absolute Gasteiger partial charge is 0.334 e. The molecule has 1 aliphatic rings. The number of carbonyl (C=O) groups excluding carboxylic acids is 2. The number of urea groups is 1. The lowest BCUT2D eigenvalue weighted by molar-refractivity contribution is -0.120. The zero-order chi connectivity index (χ0) is 18.7. The van der Waals surface area contributed by atoms with Gasteiger partial charge in [0.05, 0.1) is 0 Å². The Morgan fingerprint density at radius 2 is 1.65 bits per heavy atom. The van der Waals surface area contributed by atoms with E-state index in [-0.39, 0.29) is 17.5 Å². The van der Waals surface area contributed by atoms with Crippen molar-refractivity contribution in [2.45, 2.75) is 38.8 Å². The number of fused-ring (bicyclic) bond motifs is 1. The molecular weight excluding hydrogens is 326 g/mol. The summed E-state index contributed by atoms with van der Waals surface area (Å²) in [5.41, 5.74) is 2.48. The van der Waals surface area contributed by atoms with E-state index in [1.54, 1.807) is 4.90 Å². The van der Waals surface area contributed by atoms with Gasteiger partial charge in [-0.15, -0.1) is 0 Å². The number of benzene rings is 2. The van der Waals surface area contributed by atoms with Crippen LogP contribution in [0.25, 0.3) is 0 Å². The highest BCUT2D eigenvalue weighted by molar-refractivity contribution is 6.01. The Labute approximate surface area is 154 Å². The van der Waals surface area contributed by atoms with E-state index in [1.807, 2.05) is 75.4 Å². The molecule has 3 amide bonds. The Balaban J connectivity index is 1.87. The van der Waals surface area contributed by atoms with E-state index in [0.717, 1.165) is 23.2 Å². The summed E-state index contributed by atoms with van der Waals surface area (Å²) in [6.45, 7) is 6.35. The van der Waals surface area contributed by atoms with Crippen LogP contribution in [0.4, 0.5) is 10.5 Å². The number of carbonyl (C=O) groups is 2. The highest BCUT2D eigenvalue weighted by Gasteiger charge is 2.32. The molecule has 1 atom stereocenters. The van der Waals surface area contributed by atoms with E-state index in [0.29, 0.717) is 6.54 Å². The average Bonchev–Trinajstić information content (AvgIpc) is 3.02. The first-order valence-corrected chi connectivity index (χ1v) is 8.88. The maximum atomic E-state index is 13.3. The van der Waals surface area contributed by atoms with E-state index in [2.05, 4.69) is 10.6 Å². The van der Waals surface area contributed by atoms with Crippen LogP contribution < -0.4 is 15.5 Å². The third-order valence-electron chi connectivity index (χ3n) is 4.30. The molecule has 0 radical (unpaired) electrons.